The number of nitrogens with one attached hydrogen (secondary N) is 1. The van der Waals surface area contributed by atoms with Gasteiger partial charge in [0.2, 0.25) is 0 Å². The number of amides is 1. The predicted octanol–water partition coefficient (Wildman–Crippen LogP) is 0.671. The number of carbonyl (C=O) groups is 1. The third-order valence-electron chi connectivity index (χ3n) is 3.84. The molecule has 3 rings (SSSR count). The van der Waals surface area contributed by atoms with Gasteiger partial charge in [0.05, 0.1) is 17.7 Å². The number of ether oxygens (including phenoxy) is 1. The SMILES string of the molecule is Cc1ncn(CCNC(=O)COc2ccc(-n3cnnn3)cc2)c1C. The van der Waals surface area contributed by atoms with Gasteiger partial charge in [-0.15, -0.1) is 5.10 Å². The fourth-order valence-electron chi connectivity index (χ4n) is 2.26. The minimum absolute atomic E-state index is 0.0355. The summed E-state index contributed by atoms with van der Waals surface area (Å²) in [4.78, 5) is 16.1. The topological polar surface area (TPSA) is 99.8 Å². The Bertz CT molecular complexity index is 825. The molecule has 0 unspecified atom stereocenters. The summed E-state index contributed by atoms with van der Waals surface area (Å²) >= 11 is 0. The number of hydrogen-bond acceptors (Lipinski definition) is 6. The number of benzene rings is 1. The smallest absolute Gasteiger partial charge is 0.258 e. The van der Waals surface area contributed by atoms with Crippen LogP contribution in [-0.4, -0.2) is 48.8 Å². The molecule has 130 valence electrons. The van der Waals surface area contributed by atoms with Crippen LogP contribution in [0.2, 0.25) is 0 Å². The zero-order valence-electron chi connectivity index (χ0n) is 14.1. The lowest BCUT2D eigenvalue weighted by Crippen LogP contribution is -2.31. The molecule has 9 nitrogen and oxygen atoms in total. The fraction of sp³-hybridized carbons (Fsp3) is 0.312. The molecule has 0 aliphatic heterocycles. The van der Waals surface area contributed by atoms with Crippen LogP contribution in [-0.2, 0) is 11.3 Å². The molecule has 0 saturated carbocycles. The summed E-state index contributed by atoms with van der Waals surface area (Å²) < 4.78 is 9.02. The predicted molar refractivity (Wildman–Crippen MR) is 89.4 cm³/mol. The average Bonchev–Trinajstić information content (AvgIpc) is 3.26. The quantitative estimate of drug-likeness (QED) is 0.678. The zero-order chi connectivity index (χ0) is 17.6. The van der Waals surface area contributed by atoms with Crippen molar-refractivity contribution >= 4 is 5.91 Å². The molecule has 3 aromatic rings. The Balaban J connectivity index is 1.42. The average molecular weight is 341 g/mol. The number of nitrogens with zero attached hydrogens (tertiary/aromatic N) is 6. The summed E-state index contributed by atoms with van der Waals surface area (Å²) in [6, 6.07) is 7.16. The maximum absolute atomic E-state index is 11.9. The number of carbonyl (C=O) groups excluding carboxylic acids is 1. The Labute approximate surface area is 144 Å². The lowest BCUT2D eigenvalue weighted by molar-refractivity contribution is -0.123. The Kier molecular flexibility index (Phi) is 5.03. The second-order valence-corrected chi connectivity index (χ2v) is 5.50. The minimum atomic E-state index is -0.168. The molecule has 0 bridgehead atoms. The standard InChI is InChI=1S/C16H19N7O2/c1-12-13(2)22(10-18-12)8-7-17-16(24)9-25-15-5-3-14(4-6-15)23-11-19-20-21-23/h3-6,10-11H,7-9H2,1-2H3,(H,17,24). The normalized spacial score (nSPS) is 10.6. The van der Waals surface area contributed by atoms with E-state index in [4.69, 9.17) is 4.74 Å². The second-order valence-electron chi connectivity index (χ2n) is 5.50. The molecule has 2 heterocycles. The molecule has 0 radical (unpaired) electrons. The van der Waals surface area contributed by atoms with Gasteiger partial charge in [0.1, 0.15) is 12.1 Å². The molecule has 0 aliphatic rings. The molecule has 9 heteroatoms. The monoisotopic (exact) mass is 341 g/mol. The largest absolute Gasteiger partial charge is 0.484 e. The van der Waals surface area contributed by atoms with Crippen molar-refractivity contribution in [1.82, 2.24) is 35.1 Å². The van der Waals surface area contributed by atoms with Crippen molar-refractivity contribution in [3.63, 3.8) is 0 Å². The fourth-order valence-corrected chi connectivity index (χ4v) is 2.26. The van der Waals surface area contributed by atoms with Gasteiger partial charge in [-0.3, -0.25) is 4.79 Å². The molecule has 0 atom stereocenters. The number of imidazole rings is 1. The van der Waals surface area contributed by atoms with E-state index in [2.05, 4.69) is 25.8 Å². The Morgan fingerprint density at radius 2 is 2.00 bits per heavy atom. The maximum Gasteiger partial charge on any atom is 0.258 e. The summed E-state index contributed by atoms with van der Waals surface area (Å²) in [5.74, 6) is 0.437. The van der Waals surface area contributed by atoms with Crippen molar-refractivity contribution in [3.05, 3.63) is 48.3 Å². The summed E-state index contributed by atoms with van der Waals surface area (Å²) in [5, 5.41) is 13.8. The molecule has 1 N–H and O–H groups in total. The number of tetrazole rings is 1. The first-order valence-electron chi connectivity index (χ1n) is 7.85. The van der Waals surface area contributed by atoms with E-state index in [0.29, 0.717) is 18.8 Å². The third kappa shape index (κ3) is 4.19. The van der Waals surface area contributed by atoms with E-state index in [9.17, 15) is 4.79 Å². The Morgan fingerprint density at radius 1 is 1.20 bits per heavy atom. The van der Waals surface area contributed by atoms with Gasteiger partial charge in [-0.25, -0.2) is 9.67 Å². The van der Waals surface area contributed by atoms with Gasteiger partial charge in [0, 0.05) is 18.8 Å². The van der Waals surface area contributed by atoms with Gasteiger partial charge < -0.3 is 14.6 Å². The molecule has 0 aliphatic carbocycles. The number of rotatable bonds is 7. The van der Waals surface area contributed by atoms with Crippen LogP contribution in [0.5, 0.6) is 5.75 Å². The zero-order valence-corrected chi connectivity index (χ0v) is 14.1. The molecule has 0 fully saturated rings. The highest BCUT2D eigenvalue weighted by Crippen LogP contribution is 2.14. The summed E-state index contributed by atoms with van der Waals surface area (Å²) in [7, 11) is 0. The van der Waals surface area contributed by atoms with Gasteiger partial charge in [-0.1, -0.05) is 0 Å². The van der Waals surface area contributed by atoms with Crippen LogP contribution < -0.4 is 10.1 Å². The third-order valence-corrected chi connectivity index (χ3v) is 3.84. The van der Waals surface area contributed by atoms with E-state index < -0.39 is 0 Å². The number of aryl methyl sites for hydroxylation is 1. The molecule has 0 saturated heterocycles. The van der Waals surface area contributed by atoms with Gasteiger partial charge in [0.15, 0.2) is 6.61 Å². The lowest BCUT2D eigenvalue weighted by Gasteiger charge is -2.09. The highest BCUT2D eigenvalue weighted by Gasteiger charge is 2.05. The number of hydrogen-bond donors (Lipinski definition) is 1. The van der Waals surface area contributed by atoms with Crippen LogP contribution in [0.15, 0.2) is 36.9 Å². The Hall–Kier alpha value is -3.23. The highest BCUT2D eigenvalue weighted by molar-refractivity contribution is 5.77. The van der Waals surface area contributed by atoms with Crippen molar-refractivity contribution in [2.24, 2.45) is 0 Å². The number of aromatic nitrogens is 6. The second kappa shape index (κ2) is 7.56. The van der Waals surface area contributed by atoms with Crippen LogP contribution in [0.4, 0.5) is 0 Å². The van der Waals surface area contributed by atoms with Gasteiger partial charge in [-0.2, -0.15) is 0 Å². The van der Waals surface area contributed by atoms with Crippen molar-refractivity contribution in [2.45, 2.75) is 20.4 Å². The maximum atomic E-state index is 11.9. The first-order chi connectivity index (χ1) is 12.1. The highest BCUT2D eigenvalue weighted by atomic mass is 16.5. The van der Waals surface area contributed by atoms with E-state index >= 15 is 0 Å². The van der Waals surface area contributed by atoms with E-state index in [-0.39, 0.29) is 12.5 Å². The summed E-state index contributed by atoms with van der Waals surface area (Å²) in [5.41, 5.74) is 2.92. The van der Waals surface area contributed by atoms with Gasteiger partial charge in [0.25, 0.3) is 5.91 Å². The van der Waals surface area contributed by atoms with E-state index in [1.165, 1.54) is 11.0 Å². The molecule has 2 aromatic heterocycles. The van der Waals surface area contributed by atoms with Crippen LogP contribution in [0, 0.1) is 13.8 Å². The van der Waals surface area contributed by atoms with Crippen LogP contribution in [0.3, 0.4) is 0 Å². The molecule has 1 amide bonds. The van der Waals surface area contributed by atoms with Crippen molar-refractivity contribution in [2.75, 3.05) is 13.2 Å². The molecule has 1 aromatic carbocycles. The minimum Gasteiger partial charge on any atom is -0.484 e. The van der Waals surface area contributed by atoms with Crippen molar-refractivity contribution < 1.29 is 9.53 Å². The summed E-state index contributed by atoms with van der Waals surface area (Å²) in [6.07, 6.45) is 3.28. The molecular weight excluding hydrogens is 322 g/mol. The van der Waals surface area contributed by atoms with Crippen LogP contribution in [0.1, 0.15) is 11.4 Å². The first-order valence-corrected chi connectivity index (χ1v) is 7.85. The summed E-state index contributed by atoms with van der Waals surface area (Å²) in [6.45, 7) is 5.14. The van der Waals surface area contributed by atoms with Gasteiger partial charge >= 0.3 is 0 Å². The van der Waals surface area contributed by atoms with E-state index in [1.807, 2.05) is 30.5 Å². The molecular formula is C16H19N7O2. The van der Waals surface area contributed by atoms with Crippen LogP contribution >= 0.6 is 0 Å². The van der Waals surface area contributed by atoms with Crippen molar-refractivity contribution in [3.8, 4) is 11.4 Å². The first kappa shape index (κ1) is 16.6. The molecule has 0 spiro atoms. The van der Waals surface area contributed by atoms with E-state index in [1.54, 1.807) is 18.5 Å². The van der Waals surface area contributed by atoms with E-state index in [0.717, 1.165) is 17.1 Å². The molecule has 25 heavy (non-hydrogen) atoms. The Morgan fingerprint density at radius 3 is 2.64 bits per heavy atom. The van der Waals surface area contributed by atoms with Crippen LogP contribution in [0.25, 0.3) is 5.69 Å². The van der Waals surface area contributed by atoms with Gasteiger partial charge in [-0.05, 0) is 48.5 Å². The lowest BCUT2D eigenvalue weighted by atomic mass is 10.3. The van der Waals surface area contributed by atoms with Crippen molar-refractivity contribution in [1.29, 1.82) is 0 Å².